The van der Waals surface area contributed by atoms with Crippen LogP contribution in [0, 0.1) is 11.7 Å². The van der Waals surface area contributed by atoms with Crippen LogP contribution in [-0.2, 0) is 4.74 Å². The van der Waals surface area contributed by atoms with E-state index < -0.39 is 11.8 Å². The van der Waals surface area contributed by atoms with Crippen LogP contribution in [-0.4, -0.2) is 74.3 Å². The van der Waals surface area contributed by atoms with Gasteiger partial charge in [0.2, 0.25) is 0 Å². The Morgan fingerprint density at radius 3 is 2.61 bits per heavy atom. The van der Waals surface area contributed by atoms with Gasteiger partial charge in [0.05, 0.1) is 17.4 Å². The van der Waals surface area contributed by atoms with Crippen molar-refractivity contribution in [2.75, 3.05) is 51.0 Å². The number of para-hydroxylation sites is 1. The van der Waals surface area contributed by atoms with Gasteiger partial charge in [-0.15, -0.1) is 0 Å². The number of carbonyl (C=O) groups excluding carboxylic acids is 2. The van der Waals surface area contributed by atoms with Crippen LogP contribution >= 0.6 is 0 Å². The summed E-state index contributed by atoms with van der Waals surface area (Å²) in [5.41, 5.74) is 0.891. The first-order valence-electron chi connectivity index (χ1n) is 12.3. The van der Waals surface area contributed by atoms with Gasteiger partial charge >= 0.3 is 6.03 Å². The summed E-state index contributed by atoms with van der Waals surface area (Å²) in [4.78, 5) is 29.8. The van der Waals surface area contributed by atoms with E-state index >= 15 is 0 Å². The maximum absolute atomic E-state index is 13.9. The number of fused-ring (bicyclic) bond motifs is 1. The van der Waals surface area contributed by atoms with E-state index in [1.807, 2.05) is 0 Å². The highest BCUT2D eigenvalue weighted by molar-refractivity contribution is 6.01. The van der Waals surface area contributed by atoms with Gasteiger partial charge in [0.25, 0.3) is 5.91 Å². The van der Waals surface area contributed by atoms with Crippen molar-refractivity contribution < 1.29 is 23.5 Å². The molecule has 36 heavy (non-hydrogen) atoms. The molecule has 0 unspecified atom stereocenters. The summed E-state index contributed by atoms with van der Waals surface area (Å²) >= 11 is 0. The number of urea groups is 1. The number of carbonyl (C=O) groups is 2. The number of rotatable bonds is 5. The molecule has 1 aliphatic rings. The summed E-state index contributed by atoms with van der Waals surface area (Å²) < 4.78 is 25.8. The van der Waals surface area contributed by atoms with Gasteiger partial charge < -0.3 is 25.0 Å². The molecule has 196 valence electrons. The fraction of sp³-hybridized carbons (Fsp3) is 0.481. The van der Waals surface area contributed by atoms with Crippen molar-refractivity contribution in [2.45, 2.75) is 39.3 Å². The fourth-order valence-corrected chi connectivity index (χ4v) is 4.37. The number of hydrogen-bond donors (Lipinski definition) is 2. The van der Waals surface area contributed by atoms with Crippen molar-refractivity contribution in [3.05, 3.63) is 53.8 Å². The molecule has 3 amide bonds. The molecular formula is C27H37FN4O4. The Morgan fingerprint density at radius 2 is 1.92 bits per heavy atom. The van der Waals surface area contributed by atoms with Crippen LogP contribution in [0.1, 0.15) is 37.6 Å². The lowest BCUT2D eigenvalue weighted by atomic mass is 10.0. The molecule has 2 aromatic rings. The fourth-order valence-electron chi connectivity index (χ4n) is 4.37. The lowest BCUT2D eigenvalue weighted by Crippen LogP contribution is -2.46. The van der Waals surface area contributed by atoms with E-state index in [9.17, 15) is 14.0 Å². The van der Waals surface area contributed by atoms with E-state index in [0.29, 0.717) is 30.2 Å². The van der Waals surface area contributed by atoms with Gasteiger partial charge in [-0.3, -0.25) is 9.69 Å². The van der Waals surface area contributed by atoms with Gasteiger partial charge in [0, 0.05) is 45.0 Å². The molecule has 9 heteroatoms. The zero-order valence-electron chi connectivity index (χ0n) is 21.7. The van der Waals surface area contributed by atoms with Gasteiger partial charge in [-0.25, -0.2) is 9.18 Å². The van der Waals surface area contributed by atoms with E-state index in [1.165, 1.54) is 12.1 Å². The molecule has 0 saturated carbocycles. The average Bonchev–Trinajstić information content (AvgIpc) is 2.85. The first-order chi connectivity index (χ1) is 17.2. The average molecular weight is 501 g/mol. The second-order valence-corrected chi connectivity index (χ2v) is 9.36. The molecule has 0 radical (unpaired) electrons. The third-order valence-corrected chi connectivity index (χ3v) is 6.47. The number of anilines is 2. The van der Waals surface area contributed by atoms with Crippen molar-refractivity contribution in [3.63, 3.8) is 0 Å². The highest BCUT2D eigenvalue weighted by Crippen LogP contribution is 2.27. The first kappa shape index (κ1) is 27.4. The highest BCUT2D eigenvalue weighted by Gasteiger charge is 2.28. The van der Waals surface area contributed by atoms with Crippen LogP contribution in [0.5, 0.6) is 5.75 Å². The minimum absolute atomic E-state index is 0.0705. The Hall–Kier alpha value is -3.17. The predicted octanol–water partition coefficient (Wildman–Crippen LogP) is 4.69. The summed E-state index contributed by atoms with van der Waals surface area (Å²) in [5.74, 6) is -0.129. The number of ether oxygens (including phenoxy) is 2. The van der Waals surface area contributed by atoms with Crippen molar-refractivity contribution in [1.29, 1.82) is 0 Å². The monoisotopic (exact) mass is 500 g/mol. The Morgan fingerprint density at radius 1 is 1.17 bits per heavy atom. The molecule has 1 heterocycles. The molecule has 3 rings (SSSR count). The second-order valence-electron chi connectivity index (χ2n) is 9.36. The number of nitrogens with one attached hydrogen (secondary N) is 2. The minimum atomic E-state index is -0.601. The molecule has 3 atom stereocenters. The number of nitrogens with zero attached hydrogens (tertiary/aromatic N) is 2. The van der Waals surface area contributed by atoms with Gasteiger partial charge in [0.15, 0.2) is 0 Å². The number of methoxy groups -OCH3 is 1. The van der Waals surface area contributed by atoms with Crippen molar-refractivity contribution in [3.8, 4) is 5.75 Å². The van der Waals surface area contributed by atoms with Crippen molar-refractivity contribution in [2.24, 2.45) is 5.92 Å². The maximum Gasteiger partial charge on any atom is 0.323 e. The summed E-state index contributed by atoms with van der Waals surface area (Å²) in [6.45, 7) is 8.96. The van der Waals surface area contributed by atoms with Gasteiger partial charge in [-0.2, -0.15) is 0 Å². The van der Waals surface area contributed by atoms with E-state index in [4.69, 9.17) is 9.47 Å². The molecule has 0 saturated heterocycles. The van der Waals surface area contributed by atoms with Gasteiger partial charge in [-0.05, 0) is 50.1 Å². The maximum atomic E-state index is 13.9. The SMILES string of the molecule is CCCN1C[C@@H](C)[C@H](OC)CN(C)C(=O)c2ccc(NC(=O)Nc3ccccc3F)cc2OC[C@H]1C. The summed E-state index contributed by atoms with van der Waals surface area (Å²) in [5, 5.41) is 5.18. The Kier molecular flexibility index (Phi) is 9.66. The third-order valence-electron chi connectivity index (χ3n) is 6.47. The number of benzene rings is 2. The Balaban J connectivity index is 1.86. The molecule has 0 bridgehead atoms. The summed E-state index contributed by atoms with van der Waals surface area (Å²) in [6, 6.07) is 10.3. The molecule has 2 aromatic carbocycles. The lowest BCUT2D eigenvalue weighted by Gasteiger charge is -2.35. The predicted molar refractivity (Wildman–Crippen MR) is 139 cm³/mol. The molecule has 0 spiro atoms. The van der Waals surface area contributed by atoms with E-state index in [1.54, 1.807) is 49.4 Å². The molecule has 2 N–H and O–H groups in total. The summed E-state index contributed by atoms with van der Waals surface area (Å²) in [6.07, 6.45) is 0.895. The van der Waals surface area contributed by atoms with Crippen LogP contribution < -0.4 is 15.4 Å². The standard InChI is InChI=1S/C27H37FN4O4/c1-6-13-32-15-18(2)25(35-5)16-31(4)26(33)21-12-11-20(14-24(21)36-17-19(32)3)29-27(34)30-23-10-8-7-9-22(23)28/h7-12,14,18-19,25H,6,13,15-17H2,1-5H3,(H2,29,30,34)/t18-,19-,25-/m1/s1. The van der Waals surface area contributed by atoms with Gasteiger partial charge in [-0.1, -0.05) is 26.0 Å². The van der Waals surface area contributed by atoms with E-state index in [0.717, 1.165) is 19.5 Å². The normalized spacial score (nSPS) is 21.6. The molecule has 0 fully saturated rings. The van der Waals surface area contributed by atoms with Crippen LogP contribution in [0.25, 0.3) is 0 Å². The Labute approximate surface area is 212 Å². The number of amides is 3. The zero-order chi connectivity index (χ0) is 26.2. The largest absolute Gasteiger partial charge is 0.491 e. The van der Waals surface area contributed by atoms with Gasteiger partial charge in [0.1, 0.15) is 18.2 Å². The quantitative estimate of drug-likeness (QED) is 0.623. The molecule has 0 aliphatic carbocycles. The van der Waals surface area contributed by atoms with E-state index in [-0.39, 0.29) is 29.7 Å². The van der Waals surface area contributed by atoms with Crippen LogP contribution in [0.15, 0.2) is 42.5 Å². The highest BCUT2D eigenvalue weighted by atomic mass is 19.1. The topological polar surface area (TPSA) is 83.1 Å². The number of hydrogen-bond acceptors (Lipinski definition) is 5. The van der Waals surface area contributed by atoms with E-state index in [2.05, 4.69) is 36.3 Å². The number of halogens is 1. The molecule has 0 aromatic heterocycles. The summed E-state index contributed by atoms with van der Waals surface area (Å²) in [7, 11) is 3.43. The van der Waals surface area contributed by atoms with Crippen molar-refractivity contribution >= 4 is 23.3 Å². The molecule has 8 nitrogen and oxygen atoms in total. The molecular weight excluding hydrogens is 463 g/mol. The van der Waals surface area contributed by atoms with Crippen LogP contribution in [0.2, 0.25) is 0 Å². The smallest absolute Gasteiger partial charge is 0.323 e. The lowest BCUT2D eigenvalue weighted by molar-refractivity contribution is 0.0108. The third kappa shape index (κ3) is 6.95. The Bertz CT molecular complexity index is 1050. The minimum Gasteiger partial charge on any atom is -0.491 e. The number of likely N-dealkylation sites (N-methyl/N-ethyl adjacent to an activating group) is 1. The first-order valence-corrected chi connectivity index (χ1v) is 12.3. The molecule has 1 aliphatic heterocycles. The second kappa shape index (κ2) is 12.7. The van der Waals surface area contributed by atoms with Crippen LogP contribution in [0.4, 0.5) is 20.6 Å². The van der Waals surface area contributed by atoms with Crippen molar-refractivity contribution in [1.82, 2.24) is 9.80 Å². The zero-order valence-corrected chi connectivity index (χ0v) is 21.7. The van der Waals surface area contributed by atoms with Crippen LogP contribution in [0.3, 0.4) is 0 Å².